The molecule has 1 aromatic rings. The molecule has 1 aromatic heterocycles. The van der Waals surface area contributed by atoms with Gasteiger partial charge in [-0.05, 0) is 38.2 Å². The molecular weight excluding hydrogens is 242 g/mol. The van der Waals surface area contributed by atoms with Crippen LogP contribution in [0.25, 0.3) is 0 Å². The minimum absolute atomic E-state index is 0.237. The number of aryl methyl sites for hydroxylation is 1. The third-order valence-electron chi connectivity index (χ3n) is 3.59. The summed E-state index contributed by atoms with van der Waals surface area (Å²) in [6, 6.07) is 0. The molecule has 1 aliphatic heterocycles. The Balaban J connectivity index is 1.70. The summed E-state index contributed by atoms with van der Waals surface area (Å²) >= 11 is 0. The average molecular weight is 265 g/mol. The van der Waals surface area contributed by atoms with Crippen LogP contribution in [0.5, 0.6) is 0 Å². The molecule has 1 saturated heterocycles. The number of aromatic amines is 1. The molecule has 106 valence electrons. The van der Waals surface area contributed by atoms with Crippen molar-refractivity contribution in [3.05, 3.63) is 18.0 Å². The molecule has 1 N–H and O–H groups in total. The van der Waals surface area contributed by atoms with Crippen molar-refractivity contribution in [3.8, 4) is 0 Å². The number of hydrogen-bond donors (Lipinski definition) is 1. The number of carbonyl (C=O) groups excluding carboxylic acids is 1. The Hall–Kier alpha value is -1.36. The molecule has 5 heteroatoms. The predicted octanol–water partition coefficient (Wildman–Crippen LogP) is 1.76. The zero-order valence-corrected chi connectivity index (χ0v) is 11.6. The molecule has 0 bridgehead atoms. The third-order valence-corrected chi connectivity index (χ3v) is 3.59. The van der Waals surface area contributed by atoms with Gasteiger partial charge in [0.2, 0.25) is 5.91 Å². The van der Waals surface area contributed by atoms with Crippen molar-refractivity contribution in [1.29, 1.82) is 0 Å². The van der Waals surface area contributed by atoms with Crippen molar-refractivity contribution in [2.24, 2.45) is 0 Å². The highest BCUT2D eigenvalue weighted by atomic mass is 16.5. The number of likely N-dealkylation sites (N-methyl/N-ethyl adjacent to an activating group) is 1. The zero-order valence-electron chi connectivity index (χ0n) is 11.6. The van der Waals surface area contributed by atoms with Gasteiger partial charge in [-0.15, -0.1) is 0 Å². The van der Waals surface area contributed by atoms with Crippen molar-refractivity contribution in [1.82, 2.24) is 15.1 Å². The second-order valence-corrected chi connectivity index (χ2v) is 5.03. The molecule has 19 heavy (non-hydrogen) atoms. The monoisotopic (exact) mass is 265 g/mol. The van der Waals surface area contributed by atoms with E-state index in [0.717, 1.165) is 50.9 Å². The summed E-state index contributed by atoms with van der Waals surface area (Å²) < 4.78 is 5.59. The molecule has 1 fully saturated rings. The van der Waals surface area contributed by atoms with E-state index in [1.807, 2.05) is 24.2 Å². The van der Waals surface area contributed by atoms with Crippen LogP contribution in [-0.2, 0) is 16.0 Å². The lowest BCUT2D eigenvalue weighted by Crippen LogP contribution is -2.37. The molecule has 0 saturated carbocycles. The molecule has 2 rings (SSSR count). The fourth-order valence-corrected chi connectivity index (χ4v) is 2.46. The third kappa shape index (κ3) is 4.35. The molecule has 5 nitrogen and oxygen atoms in total. The fourth-order valence-electron chi connectivity index (χ4n) is 2.46. The van der Waals surface area contributed by atoms with E-state index < -0.39 is 0 Å². The Morgan fingerprint density at radius 3 is 3.16 bits per heavy atom. The van der Waals surface area contributed by atoms with Crippen molar-refractivity contribution in [3.63, 3.8) is 0 Å². The minimum Gasteiger partial charge on any atom is -0.376 e. The average Bonchev–Trinajstić information content (AvgIpc) is 3.08. The summed E-state index contributed by atoms with van der Waals surface area (Å²) in [4.78, 5) is 14.1. The SMILES string of the molecule is CCN(CC1CCCO1)C(=O)CCCc1cn[nH]c1. The number of nitrogens with zero attached hydrogens (tertiary/aromatic N) is 2. The van der Waals surface area contributed by atoms with Crippen LogP contribution in [0.3, 0.4) is 0 Å². The topological polar surface area (TPSA) is 58.2 Å². The Kier molecular flexibility index (Phi) is 5.39. The molecule has 1 amide bonds. The highest BCUT2D eigenvalue weighted by Gasteiger charge is 2.21. The summed E-state index contributed by atoms with van der Waals surface area (Å²) in [5, 5.41) is 6.69. The van der Waals surface area contributed by atoms with Gasteiger partial charge in [-0.2, -0.15) is 5.10 Å². The van der Waals surface area contributed by atoms with Gasteiger partial charge in [0, 0.05) is 32.3 Å². The summed E-state index contributed by atoms with van der Waals surface area (Å²) in [7, 11) is 0. The Bertz CT molecular complexity index is 372. The number of hydrogen-bond acceptors (Lipinski definition) is 3. The largest absolute Gasteiger partial charge is 0.376 e. The Morgan fingerprint density at radius 2 is 2.53 bits per heavy atom. The molecule has 2 heterocycles. The van der Waals surface area contributed by atoms with Gasteiger partial charge >= 0.3 is 0 Å². The van der Waals surface area contributed by atoms with Gasteiger partial charge in [0.25, 0.3) is 0 Å². The second kappa shape index (κ2) is 7.28. The van der Waals surface area contributed by atoms with E-state index in [0.29, 0.717) is 6.42 Å². The standard InChI is InChI=1S/C14H23N3O2/c1-2-17(11-13-6-4-8-19-13)14(18)7-3-5-12-9-15-16-10-12/h9-10,13H,2-8,11H2,1H3,(H,15,16). The maximum absolute atomic E-state index is 12.1. The van der Waals surface area contributed by atoms with Crippen LogP contribution in [0.1, 0.15) is 38.2 Å². The van der Waals surface area contributed by atoms with E-state index >= 15 is 0 Å². The van der Waals surface area contributed by atoms with Crippen molar-refractivity contribution < 1.29 is 9.53 Å². The van der Waals surface area contributed by atoms with Gasteiger partial charge in [-0.1, -0.05) is 0 Å². The minimum atomic E-state index is 0.237. The highest BCUT2D eigenvalue weighted by Crippen LogP contribution is 2.14. The van der Waals surface area contributed by atoms with Crippen LogP contribution in [0.15, 0.2) is 12.4 Å². The zero-order chi connectivity index (χ0) is 13.5. The lowest BCUT2D eigenvalue weighted by atomic mass is 10.1. The first-order valence-electron chi connectivity index (χ1n) is 7.16. The Labute approximate surface area is 114 Å². The lowest BCUT2D eigenvalue weighted by Gasteiger charge is -2.24. The molecular formula is C14H23N3O2. The maximum Gasteiger partial charge on any atom is 0.222 e. The summed E-state index contributed by atoms with van der Waals surface area (Å²) in [5.74, 6) is 0.237. The van der Waals surface area contributed by atoms with Crippen molar-refractivity contribution >= 4 is 5.91 Å². The number of nitrogens with one attached hydrogen (secondary N) is 1. The number of amides is 1. The predicted molar refractivity (Wildman–Crippen MR) is 72.8 cm³/mol. The maximum atomic E-state index is 12.1. The second-order valence-electron chi connectivity index (χ2n) is 5.03. The van der Waals surface area contributed by atoms with E-state index in [1.165, 1.54) is 0 Å². The normalized spacial score (nSPS) is 18.7. The van der Waals surface area contributed by atoms with Crippen LogP contribution < -0.4 is 0 Å². The Morgan fingerprint density at radius 1 is 1.63 bits per heavy atom. The van der Waals surface area contributed by atoms with E-state index in [9.17, 15) is 4.79 Å². The van der Waals surface area contributed by atoms with Crippen LogP contribution >= 0.6 is 0 Å². The first kappa shape index (κ1) is 14.1. The summed E-state index contributed by atoms with van der Waals surface area (Å²) in [5.41, 5.74) is 1.16. The van der Waals surface area contributed by atoms with E-state index in [-0.39, 0.29) is 12.0 Å². The summed E-state index contributed by atoms with van der Waals surface area (Å²) in [6.45, 7) is 4.39. The van der Waals surface area contributed by atoms with E-state index in [1.54, 1.807) is 0 Å². The summed E-state index contributed by atoms with van der Waals surface area (Å²) in [6.07, 6.45) is 8.53. The van der Waals surface area contributed by atoms with E-state index in [2.05, 4.69) is 10.2 Å². The number of ether oxygens (including phenoxy) is 1. The molecule has 1 aliphatic rings. The molecule has 0 spiro atoms. The van der Waals surface area contributed by atoms with Crippen LogP contribution in [-0.4, -0.2) is 46.8 Å². The van der Waals surface area contributed by atoms with Gasteiger partial charge in [-0.25, -0.2) is 0 Å². The smallest absolute Gasteiger partial charge is 0.222 e. The van der Waals surface area contributed by atoms with Crippen LogP contribution in [0.2, 0.25) is 0 Å². The number of aromatic nitrogens is 2. The lowest BCUT2D eigenvalue weighted by molar-refractivity contribution is -0.132. The van der Waals surface area contributed by atoms with Crippen LogP contribution in [0, 0.1) is 0 Å². The number of rotatable bonds is 7. The van der Waals surface area contributed by atoms with Crippen LogP contribution in [0.4, 0.5) is 0 Å². The van der Waals surface area contributed by atoms with Gasteiger partial charge < -0.3 is 9.64 Å². The first-order chi connectivity index (χ1) is 9.29. The number of carbonyl (C=O) groups is 1. The van der Waals surface area contributed by atoms with Gasteiger partial charge in [0.05, 0.1) is 12.3 Å². The van der Waals surface area contributed by atoms with E-state index in [4.69, 9.17) is 4.74 Å². The molecule has 1 atom stereocenters. The number of H-pyrrole nitrogens is 1. The molecule has 1 unspecified atom stereocenters. The highest BCUT2D eigenvalue weighted by molar-refractivity contribution is 5.76. The molecule has 0 aliphatic carbocycles. The van der Waals surface area contributed by atoms with Gasteiger partial charge in [-0.3, -0.25) is 9.89 Å². The van der Waals surface area contributed by atoms with Crippen molar-refractivity contribution in [2.75, 3.05) is 19.7 Å². The van der Waals surface area contributed by atoms with Gasteiger partial charge in [0.1, 0.15) is 0 Å². The fraction of sp³-hybridized carbons (Fsp3) is 0.714. The van der Waals surface area contributed by atoms with Crippen molar-refractivity contribution in [2.45, 2.75) is 45.1 Å². The first-order valence-corrected chi connectivity index (χ1v) is 7.16. The van der Waals surface area contributed by atoms with Gasteiger partial charge in [0.15, 0.2) is 0 Å². The molecule has 0 radical (unpaired) electrons. The quantitative estimate of drug-likeness (QED) is 0.817. The molecule has 0 aromatic carbocycles.